The predicted octanol–water partition coefficient (Wildman–Crippen LogP) is 5.53. The molecule has 0 aliphatic heterocycles. The van der Waals surface area contributed by atoms with Crippen molar-refractivity contribution in [1.82, 2.24) is 10.2 Å². The summed E-state index contributed by atoms with van der Waals surface area (Å²) in [5.41, 5.74) is 4.47. The molecule has 0 aliphatic carbocycles. The summed E-state index contributed by atoms with van der Waals surface area (Å²) >= 11 is 0. The number of anilines is 1. The minimum absolute atomic E-state index is 0.108. The van der Waals surface area contributed by atoms with Crippen LogP contribution < -0.4 is 10.6 Å². The maximum Gasteiger partial charge on any atom is 0.408 e. The summed E-state index contributed by atoms with van der Waals surface area (Å²) in [7, 11) is 0. The van der Waals surface area contributed by atoms with Crippen LogP contribution in [0.2, 0.25) is 0 Å². The van der Waals surface area contributed by atoms with Crippen LogP contribution in [0.1, 0.15) is 61.6 Å². The molecule has 194 valence electrons. The van der Waals surface area contributed by atoms with E-state index < -0.39 is 29.7 Å². The van der Waals surface area contributed by atoms with Crippen LogP contribution in [-0.2, 0) is 14.3 Å². The third-order valence-electron chi connectivity index (χ3n) is 5.72. The van der Waals surface area contributed by atoms with Crippen molar-refractivity contribution in [3.05, 3.63) is 76.9 Å². The summed E-state index contributed by atoms with van der Waals surface area (Å²) in [6.07, 6.45) is 0.867. The first-order chi connectivity index (χ1) is 16.7. The number of amides is 3. The van der Waals surface area contributed by atoms with E-state index in [1.165, 1.54) is 4.90 Å². The van der Waals surface area contributed by atoms with E-state index in [9.17, 15) is 14.4 Å². The van der Waals surface area contributed by atoms with E-state index in [4.69, 9.17) is 4.74 Å². The molecule has 0 spiro atoms. The molecule has 0 aliphatic rings. The molecule has 7 heteroatoms. The Morgan fingerprint density at radius 1 is 1.03 bits per heavy atom. The van der Waals surface area contributed by atoms with Gasteiger partial charge in [-0.1, -0.05) is 48.0 Å². The van der Waals surface area contributed by atoms with E-state index in [2.05, 4.69) is 17.2 Å². The van der Waals surface area contributed by atoms with Gasteiger partial charge in [-0.05, 0) is 77.6 Å². The first kappa shape index (κ1) is 28.6. The van der Waals surface area contributed by atoms with Gasteiger partial charge in [0.15, 0.2) is 0 Å². The number of nitrogens with one attached hydrogen (secondary N) is 2. The van der Waals surface area contributed by atoms with Gasteiger partial charge < -0.3 is 20.3 Å². The van der Waals surface area contributed by atoms with Crippen LogP contribution in [-0.4, -0.2) is 41.0 Å². The van der Waals surface area contributed by atoms with Gasteiger partial charge in [0.05, 0.1) is 0 Å². The normalized spacial score (nSPS) is 12.8. The molecule has 2 rings (SSSR count). The highest BCUT2D eigenvalue weighted by Gasteiger charge is 2.35. The lowest BCUT2D eigenvalue weighted by Gasteiger charge is -2.34. The highest BCUT2D eigenvalue weighted by molar-refractivity contribution is 6.00. The smallest absolute Gasteiger partial charge is 0.408 e. The fourth-order valence-corrected chi connectivity index (χ4v) is 4.04. The Morgan fingerprint density at radius 3 is 2.17 bits per heavy atom. The van der Waals surface area contributed by atoms with Crippen LogP contribution in [0.15, 0.2) is 49.1 Å². The molecule has 0 heterocycles. The number of aryl methyl sites for hydroxylation is 4. The van der Waals surface area contributed by atoms with Crippen LogP contribution in [0.5, 0.6) is 0 Å². The van der Waals surface area contributed by atoms with Crippen molar-refractivity contribution in [3.63, 3.8) is 0 Å². The highest BCUT2D eigenvalue weighted by Crippen LogP contribution is 2.29. The van der Waals surface area contributed by atoms with Crippen LogP contribution in [0.3, 0.4) is 0 Å². The van der Waals surface area contributed by atoms with Gasteiger partial charge in [-0.2, -0.15) is 0 Å². The quantitative estimate of drug-likeness (QED) is 0.474. The molecule has 0 aromatic heterocycles. The Bertz CT molecular complexity index is 1110. The molecular weight excluding hydrogens is 454 g/mol. The highest BCUT2D eigenvalue weighted by atomic mass is 16.6. The number of para-hydroxylation sites is 1. The van der Waals surface area contributed by atoms with E-state index in [-0.39, 0.29) is 12.5 Å². The van der Waals surface area contributed by atoms with Crippen molar-refractivity contribution >= 4 is 23.6 Å². The number of nitrogens with zero attached hydrogens (tertiary/aromatic N) is 1. The van der Waals surface area contributed by atoms with Gasteiger partial charge >= 0.3 is 6.09 Å². The maximum atomic E-state index is 13.9. The number of carbonyl (C=O) groups excluding carboxylic acids is 3. The monoisotopic (exact) mass is 493 g/mol. The maximum absolute atomic E-state index is 13.9. The number of rotatable bonds is 8. The molecule has 2 aromatic rings. The number of benzene rings is 2. The van der Waals surface area contributed by atoms with Crippen LogP contribution in [0.25, 0.3) is 0 Å². The molecule has 2 aromatic carbocycles. The van der Waals surface area contributed by atoms with Crippen molar-refractivity contribution in [3.8, 4) is 0 Å². The molecule has 0 bridgehead atoms. The lowest BCUT2D eigenvalue weighted by atomic mass is 9.96. The Kier molecular flexibility index (Phi) is 9.45. The van der Waals surface area contributed by atoms with Crippen LogP contribution in [0, 0.1) is 27.7 Å². The van der Waals surface area contributed by atoms with E-state index in [1.807, 2.05) is 64.1 Å². The zero-order valence-corrected chi connectivity index (χ0v) is 22.7. The fourth-order valence-electron chi connectivity index (χ4n) is 4.04. The van der Waals surface area contributed by atoms with Crippen LogP contribution in [0.4, 0.5) is 10.5 Å². The Hall–Kier alpha value is -3.61. The SMILES string of the molecule is C=CCN(C(=O)C(C)NC(=O)OC(C)(C)C)C(C(=O)Nc1c(C)cccc1C)c1ccc(C)cc1C. The Labute approximate surface area is 214 Å². The standard InChI is InChI=1S/C29H39N3O4/c1-10-16-32(27(34)22(6)30-28(35)36-29(7,8)9)25(23-15-14-18(2)17-21(23)5)26(33)31-24-19(3)12-11-13-20(24)4/h10-15,17,22,25H,1,16H2,2-9H3,(H,30,35)(H,31,33). The molecule has 0 saturated carbocycles. The largest absolute Gasteiger partial charge is 0.444 e. The average Bonchev–Trinajstić information content (AvgIpc) is 2.75. The van der Waals surface area contributed by atoms with Crippen LogP contribution >= 0.6 is 0 Å². The summed E-state index contributed by atoms with van der Waals surface area (Å²) in [5, 5.41) is 5.64. The average molecular weight is 494 g/mol. The van der Waals surface area contributed by atoms with E-state index in [0.29, 0.717) is 11.3 Å². The lowest BCUT2D eigenvalue weighted by Crippen LogP contribution is -2.51. The molecule has 7 nitrogen and oxygen atoms in total. The first-order valence-electron chi connectivity index (χ1n) is 12.1. The second-order valence-electron chi connectivity index (χ2n) is 10.2. The second kappa shape index (κ2) is 11.9. The van der Waals surface area contributed by atoms with Gasteiger partial charge in [0.25, 0.3) is 5.91 Å². The van der Waals surface area contributed by atoms with Crippen molar-refractivity contribution in [2.75, 3.05) is 11.9 Å². The Morgan fingerprint density at radius 2 is 1.64 bits per heavy atom. The van der Waals surface area contributed by atoms with Crippen molar-refractivity contribution in [2.45, 2.75) is 73.1 Å². The van der Waals surface area contributed by atoms with Gasteiger partial charge in [0.2, 0.25) is 5.91 Å². The number of alkyl carbamates (subject to hydrolysis) is 1. The van der Waals surface area contributed by atoms with Gasteiger partial charge in [0.1, 0.15) is 17.7 Å². The number of ether oxygens (including phenoxy) is 1. The first-order valence-corrected chi connectivity index (χ1v) is 12.1. The van der Waals surface area contributed by atoms with Crippen molar-refractivity contribution < 1.29 is 19.1 Å². The van der Waals surface area contributed by atoms with Crippen molar-refractivity contribution in [2.24, 2.45) is 0 Å². The topological polar surface area (TPSA) is 87.7 Å². The Balaban J connectivity index is 2.50. The molecule has 36 heavy (non-hydrogen) atoms. The summed E-state index contributed by atoms with van der Waals surface area (Å²) in [6, 6.07) is 9.67. The molecule has 3 amide bonds. The molecule has 2 atom stereocenters. The number of carbonyl (C=O) groups is 3. The molecule has 0 saturated heterocycles. The fraction of sp³-hybridized carbons (Fsp3) is 0.414. The van der Waals surface area contributed by atoms with E-state index in [1.54, 1.807) is 33.8 Å². The summed E-state index contributed by atoms with van der Waals surface area (Å²) in [6.45, 7) is 18.5. The van der Waals surface area contributed by atoms with Gasteiger partial charge in [0, 0.05) is 12.2 Å². The molecule has 2 N–H and O–H groups in total. The molecule has 2 unspecified atom stereocenters. The molecule has 0 radical (unpaired) electrons. The summed E-state index contributed by atoms with van der Waals surface area (Å²) in [5.74, 6) is -0.776. The number of hydrogen-bond donors (Lipinski definition) is 2. The lowest BCUT2D eigenvalue weighted by molar-refractivity contribution is -0.139. The summed E-state index contributed by atoms with van der Waals surface area (Å²) in [4.78, 5) is 41.3. The molecular formula is C29H39N3O4. The number of hydrogen-bond acceptors (Lipinski definition) is 4. The zero-order chi connectivity index (χ0) is 27.2. The molecule has 0 fully saturated rings. The minimum atomic E-state index is -0.946. The third kappa shape index (κ3) is 7.44. The van der Waals surface area contributed by atoms with E-state index >= 15 is 0 Å². The van der Waals surface area contributed by atoms with E-state index in [0.717, 1.165) is 22.3 Å². The second-order valence-corrected chi connectivity index (χ2v) is 10.2. The van der Waals surface area contributed by atoms with Gasteiger partial charge in [-0.25, -0.2) is 4.79 Å². The summed E-state index contributed by atoms with van der Waals surface area (Å²) < 4.78 is 5.31. The third-order valence-corrected chi connectivity index (χ3v) is 5.72. The van der Waals surface area contributed by atoms with Gasteiger partial charge in [-0.15, -0.1) is 6.58 Å². The predicted molar refractivity (Wildman–Crippen MR) is 144 cm³/mol. The van der Waals surface area contributed by atoms with Crippen molar-refractivity contribution in [1.29, 1.82) is 0 Å². The zero-order valence-electron chi connectivity index (χ0n) is 22.7. The van der Waals surface area contributed by atoms with Gasteiger partial charge in [-0.3, -0.25) is 9.59 Å². The minimum Gasteiger partial charge on any atom is -0.444 e.